The van der Waals surface area contributed by atoms with Crippen LogP contribution in [0.1, 0.15) is 27.4 Å². The molecule has 1 aromatic heterocycles. The van der Waals surface area contributed by atoms with E-state index in [0.717, 1.165) is 5.56 Å². The molecule has 22 heavy (non-hydrogen) atoms. The molecule has 0 fully saturated rings. The van der Waals surface area contributed by atoms with Gasteiger partial charge in [-0.1, -0.05) is 35.9 Å². The van der Waals surface area contributed by atoms with Gasteiger partial charge in [0.15, 0.2) is 0 Å². The molecule has 0 aliphatic rings. The first kappa shape index (κ1) is 15.7. The van der Waals surface area contributed by atoms with Gasteiger partial charge >= 0.3 is 0 Å². The molecule has 0 unspecified atom stereocenters. The van der Waals surface area contributed by atoms with Gasteiger partial charge in [-0.15, -0.1) is 6.58 Å². The molecule has 0 aliphatic carbocycles. The van der Waals surface area contributed by atoms with Gasteiger partial charge in [-0.2, -0.15) is 0 Å². The van der Waals surface area contributed by atoms with Crippen molar-refractivity contribution in [1.82, 2.24) is 15.3 Å². The van der Waals surface area contributed by atoms with Gasteiger partial charge in [0.25, 0.3) is 5.91 Å². The van der Waals surface area contributed by atoms with Crippen molar-refractivity contribution in [3.05, 3.63) is 65.6 Å². The molecule has 5 nitrogen and oxygen atoms in total. The Morgan fingerprint density at radius 2 is 1.95 bits per heavy atom. The number of carbonyl (C=O) groups excluding carboxylic acids is 1. The quantitative estimate of drug-likeness (QED) is 0.804. The number of nitrogens with zero attached hydrogens (tertiary/aromatic N) is 2. The van der Waals surface area contributed by atoms with Crippen molar-refractivity contribution in [1.29, 1.82) is 0 Å². The molecule has 1 heterocycles. The van der Waals surface area contributed by atoms with Crippen molar-refractivity contribution < 1.29 is 4.79 Å². The number of hydrogen-bond donors (Lipinski definition) is 2. The fraction of sp³-hybridized carbons (Fsp3) is 0.235. The monoisotopic (exact) mass is 296 g/mol. The summed E-state index contributed by atoms with van der Waals surface area (Å²) in [6.07, 6.45) is 1.63. The first-order valence-electron chi connectivity index (χ1n) is 7.12. The Balaban J connectivity index is 2.07. The predicted molar refractivity (Wildman–Crippen MR) is 87.8 cm³/mol. The van der Waals surface area contributed by atoms with Gasteiger partial charge in [0.2, 0.25) is 0 Å². The van der Waals surface area contributed by atoms with E-state index in [4.69, 9.17) is 0 Å². The summed E-state index contributed by atoms with van der Waals surface area (Å²) >= 11 is 0. The smallest absolute Gasteiger partial charge is 0.270 e. The second kappa shape index (κ2) is 7.36. The summed E-state index contributed by atoms with van der Waals surface area (Å²) in [5.41, 5.74) is 2.73. The summed E-state index contributed by atoms with van der Waals surface area (Å²) in [5.74, 6) is 0.957. The van der Waals surface area contributed by atoms with Gasteiger partial charge in [-0.3, -0.25) is 4.79 Å². The predicted octanol–water partition coefficient (Wildman–Crippen LogP) is 2.62. The molecule has 2 aromatic rings. The van der Waals surface area contributed by atoms with Gasteiger partial charge in [0, 0.05) is 19.2 Å². The fourth-order valence-electron chi connectivity index (χ4n) is 1.93. The molecule has 0 atom stereocenters. The molecular formula is C17H20N4O. The largest absolute Gasteiger partial charge is 0.366 e. The van der Waals surface area contributed by atoms with E-state index in [0.29, 0.717) is 30.4 Å². The molecule has 2 rings (SSSR count). The first-order valence-corrected chi connectivity index (χ1v) is 7.12. The minimum absolute atomic E-state index is 0.233. The number of benzene rings is 1. The van der Waals surface area contributed by atoms with Crippen LogP contribution in [0.4, 0.5) is 5.82 Å². The number of hydrogen-bond acceptors (Lipinski definition) is 4. The lowest BCUT2D eigenvalue weighted by atomic mass is 10.1. The van der Waals surface area contributed by atoms with Crippen molar-refractivity contribution in [2.24, 2.45) is 0 Å². The van der Waals surface area contributed by atoms with Gasteiger partial charge < -0.3 is 10.6 Å². The number of aryl methyl sites for hydroxylation is 2. The molecule has 0 saturated carbocycles. The van der Waals surface area contributed by atoms with Crippen molar-refractivity contribution in [3.63, 3.8) is 0 Å². The maximum atomic E-state index is 11.9. The summed E-state index contributed by atoms with van der Waals surface area (Å²) < 4.78 is 0. The van der Waals surface area contributed by atoms with Crippen LogP contribution in [-0.2, 0) is 6.54 Å². The molecule has 5 heteroatoms. The Labute approximate surface area is 130 Å². The minimum Gasteiger partial charge on any atom is -0.366 e. The average Bonchev–Trinajstić information content (AvgIpc) is 2.51. The van der Waals surface area contributed by atoms with E-state index in [1.54, 1.807) is 19.1 Å². The zero-order chi connectivity index (χ0) is 15.9. The van der Waals surface area contributed by atoms with Crippen LogP contribution in [0.5, 0.6) is 0 Å². The lowest BCUT2D eigenvalue weighted by molar-refractivity contribution is 0.0952. The minimum atomic E-state index is -0.233. The molecule has 2 N–H and O–H groups in total. The summed E-state index contributed by atoms with van der Waals surface area (Å²) in [7, 11) is 0. The van der Waals surface area contributed by atoms with Crippen LogP contribution in [0.15, 0.2) is 43.0 Å². The number of carbonyl (C=O) groups is 1. The normalized spacial score (nSPS) is 10.1. The van der Waals surface area contributed by atoms with Crippen molar-refractivity contribution >= 4 is 11.7 Å². The number of nitrogens with one attached hydrogen (secondary N) is 2. The van der Waals surface area contributed by atoms with E-state index < -0.39 is 0 Å². The summed E-state index contributed by atoms with van der Waals surface area (Å²) in [5, 5.41) is 5.93. The third-order valence-electron chi connectivity index (χ3n) is 3.07. The molecule has 1 amide bonds. The molecule has 0 spiro atoms. The molecular weight excluding hydrogens is 276 g/mol. The Bertz CT molecular complexity index is 665. The van der Waals surface area contributed by atoms with Crippen LogP contribution in [-0.4, -0.2) is 22.4 Å². The Morgan fingerprint density at radius 1 is 1.23 bits per heavy atom. The Morgan fingerprint density at radius 3 is 2.64 bits per heavy atom. The topological polar surface area (TPSA) is 66.9 Å². The lowest BCUT2D eigenvalue weighted by Gasteiger charge is -2.09. The van der Waals surface area contributed by atoms with Gasteiger partial charge in [0.05, 0.1) is 0 Å². The van der Waals surface area contributed by atoms with E-state index in [-0.39, 0.29) is 5.91 Å². The van der Waals surface area contributed by atoms with Crippen LogP contribution in [0.25, 0.3) is 0 Å². The van der Waals surface area contributed by atoms with Crippen LogP contribution >= 0.6 is 0 Å². The van der Waals surface area contributed by atoms with Crippen molar-refractivity contribution in [2.45, 2.75) is 20.4 Å². The highest BCUT2D eigenvalue weighted by atomic mass is 16.1. The third-order valence-corrected chi connectivity index (χ3v) is 3.07. The SMILES string of the molecule is C=CCNC(=O)c1cc(NCc2ccc(C)cc2)nc(C)n1. The van der Waals surface area contributed by atoms with E-state index in [1.807, 2.05) is 0 Å². The van der Waals surface area contributed by atoms with Crippen molar-refractivity contribution in [3.8, 4) is 0 Å². The third kappa shape index (κ3) is 4.41. The molecule has 0 radical (unpaired) electrons. The van der Waals surface area contributed by atoms with Crippen LogP contribution < -0.4 is 10.6 Å². The number of aromatic nitrogens is 2. The lowest BCUT2D eigenvalue weighted by Crippen LogP contribution is -2.24. The molecule has 0 bridgehead atoms. The maximum Gasteiger partial charge on any atom is 0.270 e. The van der Waals surface area contributed by atoms with E-state index >= 15 is 0 Å². The zero-order valence-corrected chi connectivity index (χ0v) is 12.9. The van der Waals surface area contributed by atoms with E-state index in [9.17, 15) is 4.79 Å². The van der Waals surface area contributed by atoms with Gasteiger partial charge in [-0.05, 0) is 19.4 Å². The maximum absolute atomic E-state index is 11.9. The molecule has 0 saturated heterocycles. The first-order chi connectivity index (χ1) is 10.6. The van der Waals surface area contributed by atoms with Crippen molar-refractivity contribution in [2.75, 3.05) is 11.9 Å². The highest BCUT2D eigenvalue weighted by Gasteiger charge is 2.09. The number of anilines is 1. The van der Waals surface area contributed by atoms with Gasteiger partial charge in [-0.25, -0.2) is 9.97 Å². The van der Waals surface area contributed by atoms with Crippen LogP contribution in [0.3, 0.4) is 0 Å². The Hall–Kier alpha value is -2.69. The van der Waals surface area contributed by atoms with Crippen LogP contribution in [0.2, 0.25) is 0 Å². The standard InChI is InChI=1S/C17H20N4O/c1-4-9-18-17(22)15-10-16(21-13(3)20-15)19-11-14-7-5-12(2)6-8-14/h4-8,10H,1,9,11H2,2-3H3,(H,18,22)(H,19,20,21). The van der Waals surface area contributed by atoms with E-state index in [1.165, 1.54) is 5.56 Å². The molecule has 0 aliphatic heterocycles. The van der Waals surface area contributed by atoms with Crippen LogP contribution in [0, 0.1) is 13.8 Å². The fourth-order valence-corrected chi connectivity index (χ4v) is 1.93. The Kier molecular flexibility index (Phi) is 5.25. The second-order valence-electron chi connectivity index (χ2n) is 5.02. The number of amides is 1. The molecule has 1 aromatic carbocycles. The second-order valence-corrected chi connectivity index (χ2v) is 5.02. The highest BCUT2D eigenvalue weighted by molar-refractivity contribution is 5.93. The summed E-state index contributed by atoms with van der Waals surface area (Å²) in [6.45, 7) is 8.44. The van der Waals surface area contributed by atoms with Gasteiger partial charge in [0.1, 0.15) is 17.3 Å². The molecule has 114 valence electrons. The highest BCUT2D eigenvalue weighted by Crippen LogP contribution is 2.10. The zero-order valence-electron chi connectivity index (χ0n) is 12.9. The van der Waals surface area contributed by atoms with E-state index in [2.05, 4.69) is 58.4 Å². The number of rotatable bonds is 6. The summed E-state index contributed by atoms with van der Waals surface area (Å²) in [4.78, 5) is 20.4. The summed E-state index contributed by atoms with van der Waals surface area (Å²) in [6, 6.07) is 9.91. The average molecular weight is 296 g/mol.